The topological polar surface area (TPSA) is 47.6 Å². The quantitative estimate of drug-likeness (QED) is 0.381. The number of rotatable bonds is 8. The molecule has 0 fully saturated rings. The van der Waals surface area contributed by atoms with Crippen molar-refractivity contribution in [3.63, 3.8) is 0 Å². The third kappa shape index (κ3) is 6.21. The lowest BCUT2D eigenvalue weighted by Gasteiger charge is -2.31. The summed E-state index contributed by atoms with van der Waals surface area (Å²) in [7, 11) is -3.49. The summed E-state index contributed by atoms with van der Waals surface area (Å²) in [5, 5.41) is 3.34. The van der Waals surface area contributed by atoms with Crippen LogP contribution in [0.3, 0.4) is 0 Å². The first-order valence-corrected chi connectivity index (χ1v) is 11.6. The van der Waals surface area contributed by atoms with Crippen molar-refractivity contribution in [3.05, 3.63) is 63.0 Å². The zero-order valence-electron chi connectivity index (χ0n) is 15.3. The molecule has 0 aromatic heterocycles. The summed E-state index contributed by atoms with van der Waals surface area (Å²) >= 11 is 6.88. The first-order chi connectivity index (χ1) is 12.2. The Morgan fingerprint density at radius 1 is 0.808 bits per heavy atom. The highest BCUT2D eigenvalue weighted by atomic mass is 79.9. The number of anilines is 1. The molecule has 0 aliphatic rings. The number of benzene rings is 2. The predicted octanol–water partition coefficient (Wildman–Crippen LogP) is 7.37. The third-order valence-electron chi connectivity index (χ3n) is 3.37. The summed E-state index contributed by atoms with van der Waals surface area (Å²) in [4.78, 5) is 0. The highest BCUT2D eigenvalue weighted by molar-refractivity contribution is 9.10. The van der Waals surface area contributed by atoms with Gasteiger partial charge in [-0.1, -0.05) is 44.0 Å². The molecule has 0 saturated carbocycles. The summed E-state index contributed by atoms with van der Waals surface area (Å²) in [5.74, 6) is -0.624. The molecule has 0 amide bonds. The molecule has 142 valence electrons. The van der Waals surface area contributed by atoms with Gasteiger partial charge in [0.2, 0.25) is 0 Å². The summed E-state index contributed by atoms with van der Waals surface area (Å²) in [5.41, 5.74) is 1.67. The van der Waals surface area contributed by atoms with Gasteiger partial charge >= 0.3 is 7.60 Å². The molecule has 0 unspecified atom stereocenters. The van der Waals surface area contributed by atoms with Crippen molar-refractivity contribution in [1.29, 1.82) is 0 Å². The van der Waals surface area contributed by atoms with Gasteiger partial charge in [0.05, 0.1) is 12.2 Å². The second-order valence-corrected chi connectivity index (χ2v) is 10.3. The first kappa shape index (κ1) is 21.6. The van der Waals surface area contributed by atoms with Crippen LogP contribution in [0.25, 0.3) is 0 Å². The van der Waals surface area contributed by atoms with Gasteiger partial charge in [-0.3, -0.25) is 4.57 Å². The van der Waals surface area contributed by atoms with E-state index in [4.69, 9.17) is 9.05 Å². The van der Waals surface area contributed by atoms with E-state index >= 15 is 0 Å². The minimum absolute atomic E-state index is 0.232. The number of hydrogen-bond donors (Lipinski definition) is 1. The van der Waals surface area contributed by atoms with E-state index in [0.29, 0.717) is 0 Å². The Kier molecular flexibility index (Phi) is 7.92. The molecule has 1 atom stereocenters. The smallest absolute Gasteiger partial charge is 0.357 e. The predicted molar refractivity (Wildman–Crippen MR) is 115 cm³/mol. The average Bonchev–Trinajstić information content (AvgIpc) is 2.53. The van der Waals surface area contributed by atoms with E-state index in [1.165, 1.54) is 0 Å². The van der Waals surface area contributed by atoms with Crippen molar-refractivity contribution in [2.75, 3.05) is 5.32 Å². The van der Waals surface area contributed by atoms with Crippen LogP contribution in [-0.4, -0.2) is 12.2 Å². The van der Waals surface area contributed by atoms with Crippen LogP contribution in [-0.2, 0) is 13.6 Å². The fourth-order valence-corrected chi connectivity index (χ4v) is 5.27. The fraction of sp³-hybridized carbons (Fsp3) is 0.368. The maximum Gasteiger partial charge on any atom is 0.357 e. The molecule has 2 rings (SSSR count). The zero-order chi connectivity index (χ0) is 19.3. The van der Waals surface area contributed by atoms with Gasteiger partial charge in [-0.2, -0.15) is 0 Å². The van der Waals surface area contributed by atoms with E-state index in [2.05, 4.69) is 37.2 Å². The molecule has 0 bridgehead atoms. The molecule has 2 aromatic carbocycles. The molecule has 0 spiro atoms. The fourth-order valence-electron chi connectivity index (χ4n) is 2.43. The lowest BCUT2D eigenvalue weighted by molar-refractivity contribution is 0.138. The van der Waals surface area contributed by atoms with Crippen molar-refractivity contribution in [2.45, 2.75) is 45.7 Å². The van der Waals surface area contributed by atoms with Crippen LogP contribution in [0.2, 0.25) is 0 Å². The van der Waals surface area contributed by atoms with E-state index in [1.807, 2.05) is 76.2 Å². The highest BCUT2D eigenvalue weighted by Gasteiger charge is 2.39. The van der Waals surface area contributed by atoms with Gasteiger partial charge in [0.15, 0.2) is 5.78 Å². The van der Waals surface area contributed by atoms with Gasteiger partial charge in [0, 0.05) is 14.6 Å². The van der Waals surface area contributed by atoms with Gasteiger partial charge < -0.3 is 14.4 Å². The monoisotopic (exact) mass is 503 g/mol. The standard InChI is InChI=1S/C19H24Br2NO3P/c1-13(2)24-26(23,25-14(3)4)19(15-5-7-16(20)8-6-15)22-18-11-9-17(21)10-12-18/h5-14,19,22H,1-4H3/t19-/m0/s1. The largest absolute Gasteiger partial charge is 0.368 e. The summed E-state index contributed by atoms with van der Waals surface area (Å²) < 4.78 is 27.4. The van der Waals surface area contributed by atoms with E-state index in [-0.39, 0.29) is 12.2 Å². The molecule has 2 aromatic rings. The van der Waals surface area contributed by atoms with Crippen LogP contribution < -0.4 is 5.32 Å². The Morgan fingerprint density at radius 2 is 1.23 bits per heavy atom. The third-order valence-corrected chi connectivity index (χ3v) is 6.91. The maximum absolute atomic E-state index is 13.8. The highest BCUT2D eigenvalue weighted by Crippen LogP contribution is 2.62. The van der Waals surface area contributed by atoms with Crippen LogP contribution >= 0.6 is 39.5 Å². The molecule has 7 heteroatoms. The zero-order valence-corrected chi connectivity index (χ0v) is 19.3. The van der Waals surface area contributed by atoms with Gasteiger partial charge in [-0.25, -0.2) is 0 Å². The SMILES string of the molecule is CC(C)OP(=O)(OC(C)C)[C@H](Nc1ccc(Br)cc1)c1ccc(Br)cc1. The summed E-state index contributed by atoms with van der Waals surface area (Å²) in [6.45, 7) is 7.42. The minimum Gasteiger partial charge on any atom is -0.368 e. The lowest BCUT2D eigenvalue weighted by Crippen LogP contribution is -2.19. The number of halogens is 2. The molecule has 0 saturated heterocycles. The van der Waals surface area contributed by atoms with Crippen LogP contribution in [0.1, 0.15) is 39.0 Å². The Hall–Kier alpha value is -0.650. The molecule has 4 nitrogen and oxygen atoms in total. The van der Waals surface area contributed by atoms with Crippen LogP contribution in [0.15, 0.2) is 57.5 Å². The van der Waals surface area contributed by atoms with Crippen molar-refractivity contribution in [2.24, 2.45) is 0 Å². The summed E-state index contributed by atoms with van der Waals surface area (Å²) in [6, 6.07) is 15.4. The molecule has 0 heterocycles. The Labute approximate surface area is 172 Å². The number of hydrogen-bond acceptors (Lipinski definition) is 4. The average molecular weight is 505 g/mol. The van der Waals surface area contributed by atoms with E-state index in [9.17, 15) is 4.57 Å². The van der Waals surface area contributed by atoms with Crippen LogP contribution in [0.4, 0.5) is 5.69 Å². The van der Waals surface area contributed by atoms with E-state index in [0.717, 1.165) is 20.2 Å². The van der Waals surface area contributed by atoms with Gasteiger partial charge in [-0.05, 0) is 69.7 Å². The van der Waals surface area contributed by atoms with Gasteiger partial charge in [-0.15, -0.1) is 0 Å². The number of nitrogens with one attached hydrogen (secondary N) is 1. The molecule has 0 aliphatic heterocycles. The molecular weight excluding hydrogens is 481 g/mol. The normalized spacial score (nSPS) is 13.2. The van der Waals surface area contributed by atoms with Crippen molar-refractivity contribution in [1.82, 2.24) is 0 Å². The molecule has 0 radical (unpaired) electrons. The van der Waals surface area contributed by atoms with E-state index in [1.54, 1.807) is 0 Å². The molecular formula is C19H24Br2NO3P. The van der Waals surface area contributed by atoms with Gasteiger partial charge in [0.1, 0.15) is 0 Å². The maximum atomic E-state index is 13.8. The molecule has 1 N–H and O–H groups in total. The second kappa shape index (κ2) is 9.52. The summed E-state index contributed by atoms with van der Waals surface area (Å²) in [6.07, 6.45) is -0.464. The first-order valence-electron chi connectivity index (χ1n) is 8.43. The van der Waals surface area contributed by atoms with E-state index < -0.39 is 13.4 Å². The van der Waals surface area contributed by atoms with Crippen LogP contribution in [0, 0.1) is 0 Å². The van der Waals surface area contributed by atoms with Crippen molar-refractivity contribution >= 4 is 45.1 Å². The van der Waals surface area contributed by atoms with Crippen molar-refractivity contribution < 1.29 is 13.6 Å². The van der Waals surface area contributed by atoms with Crippen LogP contribution in [0.5, 0.6) is 0 Å². The molecule has 26 heavy (non-hydrogen) atoms. The Balaban J connectivity index is 2.47. The second-order valence-electron chi connectivity index (χ2n) is 6.45. The Morgan fingerprint density at radius 3 is 1.65 bits per heavy atom. The molecule has 0 aliphatic carbocycles. The minimum atomic E-state index is -3.49. The lowest BCUT2D eigenvalue weighted by atomic mass is 10.2. The van der Waals surface area contributed by atoms with Gasteiger partial charge in [0.25, 0.3) is 0 Å². The van der Waals surface area contributed by atoms with Crippen molar-refractivity contribution in [3.8, 4) is 0 Å². The Bertz CT molecular complexity index is 734.